The Bertz CT molecular complexity index is 813. The molecular weight excluding hydrogens is 352 g/mol. The molecule has 0 bridgehead atoms. The zero-order valence-corrected chi connectivity index (χ0v) is 15.6. The second-order valence-electron chi connectivity index (χ2n) is 6.63. The first-order chi connectivity index (χ1) is 12.5. The van der Waals surface area contributed by atoms with E-state index in [1.165, 1.54) is 4.31 Å². The predicted molar refractivity (Wildman–Crippen MR) is 97.8 cm³/mol. The molecule has 1 fully saturated rings. The lowest BCUT2D eigenvalue weighted by Gasteiger charge is -2.32. The van der Waals surface area contributed by atoms with Gasteiger partial charge in [-0.2, -0.15) is 9.40 Å². The summed E-state index contributed by atoms with van der Waals surface area (Å²) in [6.07, 6.45) is 4.75. The molecule has 1 aliphatic rings. The number of rotatable bonds is 6. The number of benzene rings is 1. The number of amides is 1. The zero-order valence-electron chi connectivity index (χ0n) is 14.8. The Hall–Kier alpha value is -2.19. The number of aromatic nitrogens is 2. The van der Waals surface area contributed by atoms with Gasteiger partial charge in [0.2, 0.25) is 15.9 Å². The van der Waals surface area contributed by atoms with Gasteiger partial charge in [-0.3, -0.25) is 9.48 Å². The van der Waals surface area contributed by atoms with Crippen LogP contribution in [0.25, 0.3) is 0 Å². The fourth-order valence-electron chi connectivity index (χ4n) is 3.10. The van der Waals surface area contributed by atoms with E-state index < -0.39 is 10.0 Å². The summed E-state index contributed by atoms with van der Waals surface area (Å²) >= 11 is 0. The van der Waals surface area contributed by atoms with Gasteiger partial charge in [0.25, 0.3) is 0 Å². The van der Waals surface area contributed by atoms with Crippen molar-refractivity contribution in [1.29, 1.82) is 0 Å². The molecule has 26 heavy (non-hydrogen) atoms. The molecule has 1 saturated heterocycles. The highest BCUT2D eigenvalue weighted by Gasteiger charge is 2.30. The SMILES string of the molecule is C[C@H](Cn1cccn1)C(=O)NC1CCN(S(=O)(=O)c2ccccc2)CC1. The van der Waals surface area contributed by atoms with Crippen LogP contribution in [0.1, 0.15) is 19.8 Å². The van der Waals surface area contributed by atoms with Crippen LogP contribution in [-0.2, 0) is 21.4 Å². The summed E-state index contributed by atoms with van der Waals surface area (Å²) in [6, 6.07) is 10.3. The summed E-state index contributed by atoms with van der Waals surface area (Å²) in [7, 11) is -3.46. The Morgan fingerprint density at radius 1 is 1.23 bits per heavy atom. The van der Waals surface area contributed by atoms with Crippen molar-refractivity contribution in [2.75, 3.05) is 13.1 Å². The normalized spacial score (nSPS) is 17.7. The molecule has 3 rings (SSSR count). The van der Waals surface area contributed by atoms with E-state index in [0.29, 0.717) is 37.4 Å². The van der Waals surface area contributed by atoms with Gasteiger partial charge in [-0.15, -0.1) is 0 Å². The lowest BCUT2D eigenvalue weighted by atomic mass is 10.0. The van der Waals surface area contributed by atoms with Crippen molar-refractivity contribution >= 4 is 15.9 Å². The maximum atomic E-state index is 12.6. The van der Waals surface area contributed by atoms with Crippen LogP contribution >= 0.6 is 0 Å². The minimum absolute atomic E-state index is 0.00444. The van der Waals surface area contributed by atoms with Crippen molar-refractivity contribution < 1.29 is 13.2 Å². The average Bonchev–Trinajstić information content (AvgIpc) is 3.16. The number of sulfonamides is 1. The summed E-state index contributed by atoms with van der Waals surface area (Å²) in [5.41, 5.74) is 0. The molecule has 1 amide bonds. The number of hydrogen-bond donors (Lipinski definition) is 1. The zero-order chi connectivity index (χ0) is 18.6. The monoisotopic (exact) mass is 376 g/mol. The quantitative estimate of drug-likeness (QED) is 0.828. The first-order valence-corrected chi connectivity index (χ1v) is 10.2. The highest BCUT2D eigenvalue weighted by Crippen LogP contribution is 2.20. The van der Waals surface area contributed by atoms with Crippen LogP contribution < -0.4 is 5.32 Å². The highest BCUT2D eigenvalue weighted by atomic mass is 32.2. The number of piperidine rings is 1. The largest absolute Gasteiger partial charge is 0.353 e. The van der Waals surface area contributed by atoms with E-state index in [2.05, 4.69) is 10.4 Å². The Kier molecular flexibility index (Phi) is 5.73. The van der Waals surface area contributed by atoms with Crippen LogP contribution in [0.5, 0.6) is 0 Å². The molecule has 0 radical (unpaired) electrons. The summed E-state index contributed by atoms with van der Waals surface area (Å²) in [4.78, 5) is 12.7. The molecule has 1 N–H and O–H groups in total. The topological polar surface area (TPSA) is 84.3 Å². The van der Waals surface area contributed by atoms with Crippen molar-refractivity contribution in [3.8, 4) is 0 Å². The van der Waals surface area contributed by atoms with Crippen molar-refractivity contribution in [1.82, 2.24) is 19.4 Å². The minimum atomic E-state index is -3.46. The lowest BCUT2D eigenvalue weighted by Crippen LogP contribution is -2.47. The number of nitrogens with one attached hydrogen (secondary N) is 1. The third kappa shape index (κ3) is 4.31. The molecular formula is C18H24N4O3S. The number of hydrogen-bond acceptors (Lipinski definition) is 4. The first kappa shape index (κ1) is 18.6. The fourth-order valence-corrected chi connectivity index (χ4v) is 4.59. The van der Waals surface area contributed by atoms with E-state index in [4.69, 9.17) is 0 Å². The maximum absolute atomic E-state index is 12.6. The standard InChI is InChI=1S/C18H24N4O3S/c1-15(14-21-11-5-10-19-21)18(23)20-16-8-12-22(13-9-16)26(24,25)17-6-3-2-4-7-17/h2-7,10-11,15-16H,8-9,12-14H2,1H3,(H,20,23)/t15-/m1/s1. The molecule has 2 aromatic rings. The number of nitrogens with zero attached hydrogens (tertiary/aromatic N) is 3. The lowest BCUT2D eigenvalue weighted by molar-refractivity contribution is -0.125. The molecule has 0 spiro atoms. The third-order valence-corrected chi connectivity index (χ3v) is 6.56. The van der Waals surface area contributed by atoms with Gasteiger partial charge in [-0.1, -0.05) is 25.1 Å². The summed E-state index contributed by atoms with van der Waals surface area (Å²) in [5.74, 6) is -0.217. The first-order valence-electron chi connectivity index (χ1n) is 8.80. The van der Waals surface area contributed by atoms with Gasteiger partial charge >= 0.3 is 0 Å². The third-order valence-electron chi connectivity index (χ3n) is 4.65. The van der Waals surface area contributed by atoms with Crippen LogP contribution in [0.2, 0.25) is 0 Å². The second kappa shape index (κ2) is 8.01. The van der Waals surface area contributed by atoms with Crippen LogP contribution in [0, 0.1) is 5.92 Å². The smallest absolute Gasteiger partial charge is 0.243 e. The van der Waals surface area contributed by atoms with Gasteiger partial charge in [0.1, 0.15) is 0 Å². The molecule has 0 saturated carbocycles. The molecule has 1 aliphatic heterocycles. The Morgan fingerprint density at radius 3 is 2.54 bits per heavy atom. The number of carbonyl (C=O) groups excluding carboxylic acids is 1. The van der Waals surface area contributed by atoms with Gasteiger partial charge in [0.05, 0.1) is 17.4 Å². The molecule has 2 heterocycles. The van der Waals surface area contributed by atoms with Gasteiger partial charge in [-0.05, 0) is 31.0 Å². The Labute approximate surface area is 154 Å². The van der Waals surface area contributed by atoms with E-state index in [-0.39, 0.29) is 17.9 Å². The predicted octanol–water partition coefficient (Wildman–Crippen LogP) is 1.49. The van der Waals surface area contributed by atoms with E-state index in [1.54, 1.807) is 41.2 Å². The van der Waals surface area contributed by atoms with Gasteiger partial charge in [-0.25, -0.2) is 8.42 Å². The highest BCUT2D eigenvalue weighted by molar-refractivity contribution is 7.89. The van der Waals surface area contributed by atoms with Crippen molar-refractivity contribution in [2.45, 2.75) is 37.2 Å². The van der Waals surface area contributed by atoms with Crippen LogP contribution in [0.15, 0.2) is 53.7 Å². The van der Waals surface area contributed by atoms with Gasteiger partial charge in [0.15, 0.2) is 0 Å². The molecule has 1 atom stereocenters. The summed E-state index contributed by atoms with van der Waals surface area (Å²) in [6.45, 7) is 3.22. The molecule has 8 heteroatoms. The maximum Gasteiger partial charge on any atom is 0.243 e. The summed E-state index contributed by atoms with van der Waals surface area (Å²) < 4.78 is 28.5. The van der Waals surface area contributed by atoms with Crippen molar-refractivity contribution in [2.24, 2.45) is 5.92 Å². The van der Waals surface area contributed by atoms with E-state index in [0.717, 1.165) is 0 Å². The van der Waals surface area contributed by atoms with E-state index in [1.807, 2.05) is 19.2 Å². The van der Waals surface area contributed by atoms with Crippen LogP contribution in [-0.4, -0.2) is 47.5 Å². The second-order valence-corrected chi connectivity index (χ2v) is 8.57. The Balaban J connectivity index is 1.51. The van der Waals surface area contributed by atoms with Gasteiger partial charge < -0.3 is 5.32 Å². The molecule has 1 aromatic carbocycles. The average molecular weight is 376 g/mol. The molecule has 7 nitrogen and oxygen atoms in total. The van der Waals surface area contributed by atoms with Crippen molar-refractivity contribution in [3.05, 3.63) is 48.8 Å². The van der Waals surface area contributed by atoms with Crippen molar-refractivity contribution in [3.63, 3.8) is 0 Å². The minimum Gasteiger partial charge on any atom is -0.353 e. The molecule has 140 valence electrons. The molecule has 1 aromatic heterocycles. The Morgan fingerprint density at radius 2 is 1.92 bits per heavy atom. The molecule has 0 aliphatic carbocycles. The summed E-state index contributed by atoms with van der Waals surface area (Å²) in [5, 5.41) is 7.16. The molecule has 0 unspecified atom stereocenters. The van der Waals surface area contributed by atoms with Gasteiger partial charge in [0, 0.05) is 31.5 Å². The number of carbonyl (C=O) groups is 1. The van der Waals surface area contributed by atoms with E-state index >= 15 is 0 Å². The van der Waals surface area contributed by atoms with E-state index in [9.17, 15) is 13.2 Å². The fraction of sp³-hybridized carbons (Fsp3) is 0.444. The van der Waals surface area contributed by atoms with Crippen LogP contribution in [0.4, 0.5) is 0 Å². The van der Waals surface area contributed by atoms with Crippen LogP contribution in [0.3, 0.4) is 0 Å².